The molecule has 0 spiro atoms. The molecule has 4 heteroatoms. The maximum absolute atomic E-state index is 12.6. The molecule has 0 atom stereocenters. The monoisotopic (exact) mass is 210 g/mol. The zero-order valence-corrected chi connectivity index (χ0v) is 8.74. The smallest absolute Gasteiger partial charge is 0.226 e. The van der Waals surface area contributed by atoms with Gasteiger partial charge in [-0.05, 0) is 17.7 Å². The van der Waals surface area contributed by atoms with Crippen molar-refractivity contribution in [2.24, 2.45) is 5.73 Å². The van der Waals surface area contributed by atoms with Gasteiger partial charge in [0.2, 0.25) is 5.91 Å². The highest BCUT2D eigenvalue weighted by atomic mass is 19.1. The van der Waals surface area contributed by atoms with Gasteiger partial charge < -0.3 is 10.6 Å². The quantitative estimate of drug-likeness (QED) is 0.798. The molecule has 0 bridgehead atoms. The average Bonchev–Trinajstić information content (AvgIpc) is 2.22. The van der Waals surface area contributed by atoms with Gasteiger partial charge in [0.25, 0.3) is 0 Å². The van der Waals surface area contributed by atoms with Crippen LogP contribution in [0.3, 0.4) is 0 Å². The Morgan fingerprint density at radius 3 is 2.53 bits per heavy atom. The fourth-order valence-electron chi connectivity index (χ4n) is 1.23. The fraction of sp³-hybridized carbons (Fsp3) is 0.364. The Labute approximate surface area is 88.7 Å². The van der Waals surface area contributed by atoms with Crippen LogP contribution in [0.4, 0.5) is 4.39 Å². The van der Waals surface area contributed by atoms with Crippen LogP contribution in [-0.4, -0.2) is 30.9 Å². The molecule has 0 aliphatic rings. The maximum atomic E-state index is 12.6. The summed E-state index contributed by atoms with van der Waals surface area (Å²) in [4.78, 5) is 13.1. The van der Waals surface area contributed by atoms with Gasteiger partial charge in [0.15, 0.2) is 0 Å². The van der Waals surface area contributed by atoms with Crippen LogP contribution in [0.15, 0.2) is 24.3 Å². The van der Waals surface area contributed by atoms with Gasteiger partial charge in [-0.2, -0.15) is 0 Å². The Morgan fingerprint density at radius 2 is 2.00 bits per heavy atom. The first kappa shape index (κ1) is 11.7. The van der Waals surface area contributed by atoms with E-state index in [1.54, 1.807) is 24.1 Å². The van der Waals surface area contributed by atoms with Gasteiger partial charge in [-0.15, -0.1) is 0 Å². The van der Waals surface area contributed by atoms with Crippen molar-refractivity contribution in [1.82, 2.24) is 4.90 Å². The van der Waals surface area contributed by atoms with Crippen LogP contribution in [0.2, 0.25) is 0 Å². The Morgan fingerprint density at radius 1 is 1.40 bits per heavy atom. The van der Waals surface area contributed by atoms with E-state index in [4.69, 9.17) is 5.73 Å². The van der Waals surface area contributed by atoms with E-state index in [2.05, 4.69) is 0 Å². The molecule has 15 heavy (non-hydrogen) atoms. The summed E-state index contributed by atoms with van der Waals surface area (Å²) in [5.74, 6) is -0.298. The molecule has 2 N–H and O–H groups in total. The zero-order valence-electron chi connectivity index (χ0n) is 8.74. The largest absolute Gasteiger partial charge is 0.344 e. The van der Waals surface area contributed by atoms with E-state index < -0.39 is 0 Å². The van der Waals surface area contributed by atoms with Crippen molar-refractivity contribution in [1.29, 1.82) is 0 Å². The maximum Gasteiger partial charge on any atom is 0.226 e. The summed E-state index contributed by atoms with van der Waals surface area (Å²) in [6.45, 7) is 0.992. The molecule has 0 fully saturated rings. The third kappa shape index (κ3) is 3.67. The predicted octanol–water partition coefficient (Wildman–Crippen LogP) is 0.785. The lowest BCUT2D eigenvalue weighted by Crippen LogP contribution is -2.32. The molecule has 82 valence electrons. The minimum Gasteiger partial charge on any atom is -0.344 e. The van der Waals surface area contributed by atoms with Crippen molar-refractivity contribution in [3.8, 4) is 0 Å². The molecule has 1 aromatic rings. The van der Waals surface area contributed by atoms with Crippen molar-refractivity contribution < 1.29 is 9.18 Å². The highest BCUT2D eigenvalue weighted by Gasteiger charge is 2.08. The standard InChI is InChI=1S/C11H15FN2O/c1-14(7-6-13)11(15)8-9-2-4-10(12)5-3-9/h2-5H,6-8,13H2,1H3. The number of carbonyl (C=O) groups excluding carboxylic acids is 1. The van der Waals surface area contributed by atoms with Gasteiger partial charge >= 0.3 is 0 Å². The van der Waals surface area contributed by atoms with E-state index in [1.807, 2.05) is 0 Å². The number of nitrogens with zero attached hydrogens (tertiary/aromatic N) is 1. The molecule has 1 rings (SSSR count). The van der Waals surface area contributed by atoms with Crippen LogP contribution in [0.25, 0.3) is 0 Å². The summed E-state index contributed by atoms with van der Waals surface area (Å²) in [5, 5.41) is 0. The molecule has 0 unspecified atom stereocenters. The molecular formula is C11H15FN2O. The molecule has 0 saturated carbocycles. The van der Waals surface area contributed by atoms with Gasteiger partial charge in [0.05, 0.1) is 6.42 Å². The molecule has 3 nitrogen and oxygen atoms in total. The lowest BCUT2D eigenvalue weighted by molar-refractivity contribution is -0.129. The molecule has 0 aliphatic heterocycles. The Bertz CT molecular complexity index is 324. The Hall–Kier alpha value is -1.42. The lowest BCUT2D eigenvalue weighted by Gasteiger charge is -2.15. The third-order valence-electron chi connectivity index (χ3n) is 2.16. The number of likely N-dealkylation sites (N-methyl/N-ethyl adjacent to an activating group) is 1. The molecular weight excluding hydrogens is 195 g/mol. The minimum atomic E-state index is -0.290. The van der Waals surface area contributed by atoms with Crippen LogP contribution in [0.5, 0.6) is 0 Å². The number of nitrogens with two attached hydrogens (primary N) is 1. The van der Waals surface area contributed by atoms with E-state index in [1.165, 1.54) is 12.1 Å². The van der Waals surface area contributed by atoms with Crippen molar-refractivity contribution in [2.45, 2.75) is 6.42 Å². The normalized spacial score (nSPS) is 10.1. The van der Waals surface area contributed by atoms with Crippen LogP contribution >= 0.6 is 0 Å². The van der Waals surface area contributed by atoms with Gasteiger partial charge in [0, 0.05) is 20.1 Å². The van der Waals surface area contributed by atoms with Gasteiger partial charge in [-0.1, -0.05) is 12.1 Å². The van der Waals surface area contributed by atoms with Gasteiger partial charge in [-0.25, -0.2) is 4.39 Å². The van der Waals surface area contributed by atoms with Crippen LogP contribution < -0.4 is 5.73 Å². The summed E-state index contributed by atoms with van der Waals surface area (Å²) >= 11 is 0. The fourth-order valence-corrected chi connectivity index (χ4v) is 1.23. The van der Waals surface area contributed by atoms with E-state index in [0.717, 1.165) is 5.56 Å². The summed E-state index contributed by atoms with van der Waals surface area (Å²) in [5.41, 5.74) is 6.15. The van der Waals surface area contributed by atoms with Gasteiger partial charge in [0.1, 0.15) is 5.82 Å². The molecule has 0 aromatic heterocycles. The molecule has 0 aliphatic carbocycles. The highest BCUT2D eigenvalue weighted by Crippen LogP contribution is 2.04. The molecule has 0 heterocycles. The number of benzene rings is 1. The van der Waals surface area contributed by atoms with E-state index in [-0.39, 0.29) is 18.1 Å². The summed E-state index contributed by atoms with van der Waals surface area (Å²) < 4.78 is 12.6. The topological polar surface area (TPSA) is 46.3 Å². The van der Waals surface area contributed by atoms with Crippen LogP contribution in [-0.2, 0) is 11.2 Å². The second kappa shape index (κ2) is 5.46. The average molecular weight is 210 g/mol. The van der Waals surface area contributed by atoms with Gasteiger partial charge in [-0.3, -0.25) is 4.79 Å². The number of hydrogen-bond acceptors (Lipinski definition) is 2. The van der Waals surface area contributed by atoms with Crippen molar-refractivity contribution in [3.63, 3.8) is 0 Å². The van der Waals surface area contributed by atoms with E-state index >= 15 is 0 Å². The Kier molecular flexibility index (Phi) is 4.24. The predicted molar refractivity (Wildman–Crippen MR) is 56.8 cm³/mol. The zero-order chi connectivity index (χ0) is 11.3. The van der Waals surface area contributed by atoms with Crippen molar-refractivity contribution in [3.05, 3.63) is 35.6 Å². The number of amides is 1. The first-order valence-electron chi connectivity index (χ1n) is 4.82. The second-order valence-corrected chi connectivity index (χ2v) is 3.41. The SMILES string of the molecule is CN(CCN)C(=O)Cc1ccc(F)cc1. The first-order valence-corrected chi connectivity index (χ1v) is 4.82. The molecule has 1 amide bonds. The number of carbonyl (C=O) groups is 1. The number of hydrogen-bond donors (Lipinski definition) is 1. The minimum absolute atomic E-state index is 0.00735. The lowest BCUT2D eigenvalue weighted by atomic mass is 10.1. The number of halogens is 1. The van der Waals surface area contributed by atoms with E-state index in [0.29, 0.717) is 13.1 Å². The third-order valence-corrected chi connectivity index (χ3v) is 2.16. The highest BCUT2D eigenvalue weighted by molar-refractivity contribution is 5.78. The second-order valence-electron chi connectivity index (χ2n) is 3.41. The summed E-state index contributed by atoms with van der Waals surface area (Å²) in [6.07, 6.45) is 0.288. The number of rotatable bonds is 4. The molecule has 0 saturated heterocycles. The first-order chi connectivity index (χ1) is 7.13. The molecule has 0 radical (unpaired) electrons. The van der Waals surface area contributed by atoms with Crippen LogP contribution in [0, 0.1) is 5.82 Å². The van der Waals surface area contributed by atoms with Crippen molar-refractivity contribution >= 4 is 5.91 Å². The Balaban J connectivity index is 2.54. The molecule has 1 aromatic carbocycles. The van der Waals surface area contributed by atoms with Crippen molar-refractivity contribution in [2.75, 3.05) is 20.1 Å². The van der Waals surface area contributed by atoms with Crippen LogP contribution in [0.1, 0.15) is 5.56 Å². The summed E-state index contributed by atoms with van der Waals surface area (Å²) in [6, 6.07) is 5.93. The summed E-state index contributed by atoms with van der Waals surface area (Å²) in [7, 11) is 1.71. The van der Waals surface area contributed by atoms with E-state index in [9.17, 15) is 9.18 Å².